The zero-order valence-electron chi connectivity index (χ0n) is 16.1. The minimum atomic E-state index is -0.185. The smallest absolute Gasteiger partial charge is 0.274 e. The molecule has 0 radical (unpaired) electrons. The van der Waals surface area contributed by atoms with Crippen LogP contribution in [0.2, 0.25) is 0 Å². The van der Waals surface area contributed by atoms with Gasteiger partial charge in [0, 0.05) is 24.8 Å². The van der Waals surface area contributed by atoms with E-state index in [1.165, 1.54) is 0 Å². The summed E-state index contributed by atoms with van der Waals surface area (Å²) in [5, 5.41) is 3.02. The average Bonchev–Trinajstić information content (AvgIpc) is 2.62. The number of hydrogen-bond donors (Lipinski definition) is 1. The molecule has 1 amide bonds. The first-order valence-corrected chi connectivity index (χ1v) is 9.45. The number of rotatable bonds is 4. The van der Waals surface area contributed by atoms with Crippen LogP contribution in [0.5, 0.6) is 0 Å². The van der Waals surface area contributed by atoms with Gasteiger partial charge in [-0.15, -0.1) is 0 Å². The number of carbonyl (C=O) groups is 1. The van der Waals surface area contributed by atoms with E-state index in [2.05, 4.69) is 41.0 Å². The molecule has 0 atom stereocenters. The molecule has 0 unspecified atom stereocenters. The molecule has 0 aliphatic carbocycles. The summed E-state index contributed by atoms with van der Waals surface area (Å²) in [5.74, 6) is 2.39. The summed E-state index contributed by atoms with van der Waals surface area (Å²) in [6, 6.07) is 9.73. The van der Waals surface area contributed by atoms with Crippen molar-refractivity contribution in [2.24, 2.45) is 5.92 Å². The Hall–Kier alpha value is -2.43. The van der Waals surface area contributed by atoms with E-state index in [1.807, 2.05) is 37.3 Å². The predicted molar refractivity (Wildman–Crippen MR) is 106 cm³/mol. The van der Waals surface area contributed by atoms with Crippen molar-refractivity contribution in [1.82, 2.24) is 9.97 Å². The van der Waals surface area contributed by atoms with E-state index < -0.39 is 0 Å². The van der Waals surface area contributed by atoms with Crippen LogP contribution in [-0.4, -0.2) is 29.0 Å². The fourth-order valence-electron chi connectivity index (χ4n) is 3.37. The molecule has 1 saturated heterocycles. The number of nitrogens with zero attached hydrogens (tertiary/aromatic N) is 3. The van der Waals surface area contributed by atoms with Gasteiger partial charge in [0.25, 0.3) is 5.91 Å². The molecule has 26 heavy (non-hydrogen) atoms. The molecule has 1 aromatic carbocycles. The maximum Gasteiger partial charge on any atom is 0.274 e. The van der Waals surface area contributed by atoms with Gasteiger partial charge in [-0.25, -0.2) is 9.97 Å². The molecule has 0 spiro atoms. The van der Waals surface area contributed by atoms with Gasteiger partial charge < -0.3 is 10.2 Å². The molecular weight excluding hydrogens is 324 g/mol. The summed E-state index contributed by atoms with van der Waals surface area (Å²) in [7, 11) is 0. The van der Waals surface area contributed by atoms with Crippen LogP contribution in [0.3, 0.4) is 0 Å². The molecule has 5 heteroatoms. The third-order valence-electron chi connectivity index (χ3n) is 5.00. The molecule has 1 aliphatic heterocycles. The zero-order chi connectivity index (χ0) is 18.7. The van der Waals surface area contributed by atoms with Gasteiger partial charge in [-0.05, 0) is 43.2 Å². The number of anilines is 2. The zero-order valence-corrected chi connectivity index (χ0v) is 16.1. The van der Waals surface area contributed by atoms with Crippen molar-refractivity contribution < 1.29 is 4.79 Å². The number of carbonyl (C=O) groups excluding carboxylic acids is 1. The molecule has 0 saturated carbocycles. The highest BCUT2D eigenvalue weighted by atomic mass is 16.1. The van der Waals surface area contributed by atoms with Crippen molar-refractivity contribution >= 4 is 17.4 Å². The number of nitrogens with one attached hydrogen (secondary N) is 1. The highest BCUT2D eigenvalue weighted by Crippen LogP contribution is 2.25. The number of amides is 1. The van der Waals surface area contributed by atoms with Crippen LogP contribution in [0.1, 0.15) is 61.4 Å². The third kappa shape index (κ3) is 4.21. The minimum absolute atomic E-state index is 0.185. The second-order valence-electron chi connectivity index (χ2n) is 7.52. The van der Waals surface area contributed by atoms with E-state index in [9.17, 15) is 4.79 Å². The third-order valence-corrected chi connectivity index (χ3v) is 5.00. The summed E-state index contributed by atoms with van der Waals surface area (Å²) >= 11 is 0. The van der Waals surface area contributed by atoms with Gasteiger partial charge in [0.15, 0.2) is 0 Å². The van der Waals surface area contributed by atoms with E-state index in [0.29, 0.717) is 17.4 Å². The first-order chi connectivity index (χ1) is 12.4. The van der Waals surface area contributed by atoms with Gasteiger partial charge in [0.1, 0.15) is 17.3 Å². The second kappa shape index (κ2) is 7.85. The highest BCUT2D eigenvalue weighted by molar-refractivity contribution is 6.03. The summed E-state index contributed by atoms with van der Waals surface area (Å²) < 4.78 is 0. The minimum Gasteiger partial charge on any atom is -0.356 e. The molecule has 2 aromatic rings. The molecule has 3 rings (SSSR count). The van der Waals surface area contributed by atoms with Crippen LogP contribution in [0.25, 0.3) is 0 Å². The number of hydrogen-bond acceptors (Lipinski definition) is 4. The molecule has 1 N–H and O–H groups in total. The van der Waals surface area contributed by atoms with E-state index >= 15 is 0 Å². The first kappa shape index (κ1) is 18.4. The molecule has 0 bridgehead atoms. The predicted octanol–water partition coefficient (Wildman–Crippen LogP) is 4.40. The molecule has 5 nitrogen and oxygen atoms in total. The van der Waals surface area contributed by atoms with Crippen LogP contribution in [0.15, 0.2) is 30.3 Å². The van der Waals surface area contributed by atoms with Gasteiger partial charge in [0.05, 0.1) is 0 Å². The Morgan fingerprint density at radius 3 is 2.58 bits per heavy atom. The number of benzene rings is 1. The molecule has 1 aliphatic rings. The van der Waals surface area contributed by atoms with Gasteiger partial charge in [-0.3, -0.25) is 4.79 Å². The SMILES string of the molecule is Cc1nc(C(=O)Nc2ccccc2C(C)C)cc(N2CCC(C)CC2)n1. The van der Waals surface area contributed by atoms with Crippen LogP contribution >= 0.6 is 0 Å². The first-order valence-electron chi connectivity index (χ1n) is 9.45. The largest absolute Gasteiger partial charge is 0.356 e. The normalized spacial score (nSPS) is 15.3. The number of aryl methyl sites for hydroxylation is 1. The monoisotopic (exact) mass is 352 g/mol. The summed E-state index contributed by atoms with van der Waals surface area (Å²) in [5.41, 5.74) is 2.39. The Morgan fingerprint density at radius 2 is 1.88 bits per heavy atom. The van der Waals surface area contributed by atoms with E-state index in [4.69, 9.17) is 0 Å². The Labute approximate surface area is 155 Å². The summed E-state index contributed by atoms with van der Waals surface area (Å²) in [6.07, 6.45) is 2.32. The molecule has 1 fully saturated rings. The van der Waals surface area contributed by atoms with Crippen molar-refractivity contribution in [2.75, 3.05) is 23.3 Å². The van der Waals surface area contributed by atoms with Crippen molar-refractivity contribution in [3.63, 3.8) is 0 Å². The molecule has 138 valence electrons. The lowest BCUT2D eigenvalue weighted by Crippen LogP contribution is -2.34. The van der Waals surface area contributed by atoms with Crippen LogP contribution in [-0.2, 0) is 0 Å². The molecular formula is C21H28N4O. The van der Waals surface area contributed by atoms with Crippen LogP contribution in [0.4, 0.5) is 11.5 Å². The Morgan fingerprint density at radius 1 is 1.19 bits per heavy atom. The second-order valence-corrected chi connectivity index (χ2v) is 7.52. The standard InChI is InChI=1S/C21H28N4O/c1-14(2)17-7-5-6-8-18(17)24-21(26)19-13-20(23-16(4)22-19)25-11-9-15(3)10-12-25/h5-8,13-15H,9-12H2,1-4H3,(H,24,26). The fourth-order valence-corrected chi connectivity index (χ4v) is 3.37. The van der Waals surface area contributed by atoms with E-state index in [1.54, 1.807) is 0 Å². The Bertz CT molecular complexity index is 779. The fraction of sp³-hybridized carbons (Fsp3) is 0.476. The summed E-state index contributed by atoms with van der Waals surface area (Å²) in [4.78, 5) is 24.0. The topological polar surface area (TPSA) is 58.1 Å². The lowest BCUT2D eigenvalue weighted by atomic mass is 9.99. The molecule has 2 heterocycles. The lowest BCUT2D eigenvalue weighted by molar-refractivity contribution is 0.102. The van der Waals surface area contributed by atoms with Crippen LogP contribution in [0, 0.1) is 12.8 Å². The van der Waals surface area contributed by atoms with Gasteiger partial charge >= 0.3 is 0 Å². The van der Waals surface area contributed by atoms with Gasteiger partial charge in [-0.2, -0.15) is 0 Å². The summed E-state index contributed by atoms with van der Waals surface area (Å²) in [6.45, 7) is 10.3. The maximum absolute atomic E-state index is 12.8. The van der Waals surface area contributed by atoms with Crippen molar-refractivity contribution in [3.05, 3.63) is 47.4 Å². The van der Waals surface area contributed by atoms with Crippen molar-refractivity contribution in [1.29, 1.82) is 0 Å². The maximum atomic E-state index is 12.8. The molecule has 1 aromatic heterocycles. The van der Waals surface area contributed by atoms with E-state index in [-0.39, 0.29) is 5.91 Å². The lowest BCUT2D eigenvalue weighted by Gasteiger charge is -2.31. The number of piperidine rings is 1. The number of aromatic nitrogens is 2. The quantitative estimate of drug-likeness (QED) is 0.886. The Balaban J connectivity index is 1.82. The van der Waals surface area contributed by atoms with Gasteiger partial charge in [-0.1, -0.05) is 39.0 Å². The van der Waals surface area contributed by atoms with Gasteiger partial charge in [0.2, 0.25) is 0 Å². The average molecular weight is 352 g/mol. The van der Waals surface area contributed by atoms with Crippen molar-refractivity contribution in [2.45, 2.75) is 46.5 Å². The number of para-hydroxylation sites is 1. The van der Waals surface area contributed by atoms with Crippen molar-refractivity contribution in [3.8, 4) is 0 Å². The Kier molecular flexibility index (Phi) is 5.55. The highest BCUT2D eigenvalue weighted by Gasteiger charge is 2.20. The van der Waals surface area contributed by atoms with E-state index in [0.717, 1.165) is 48.9 Å². The van der Waals surface area contributed by atoms with Crippen LogP contribution < -0.4 is 10.2 Å².